The average Bonchev–Trinajstić information content (AvgIpc) is 2.86. The van der Waals surface area contributed by atoms with Crippen LogP contribution in [0.4, 0.5) is 0 Å². The van der Waals surface area contributed by atoms with E-state index in [1.165, 1.54) is 48.8 Å². The number of aryl methyl sites for hydroxylation is 1. The maximum atomic E-state index is 2.34. The molecule has 0 aromatic heterocycles. The molecule has 0 heterocycles. The second-order valence-electron chi connectivity index (χ2n) is 6.77. The maximum Gasteiger partial charge on any atom is -0.00107 e. The largest absolute Gasteiger partial charge is 0.0628 e. The van der Waals surface area contributed by atoms with Crippen LogP contribution in [0, 0.1) is 5.92 Å². The molecule has 0 heteroatoms. The highest BCUT2D eigenvalue weighted by atomic mass is 14.2. The summed E-state index contributed by atoms with van der Waals surface area (Å²) in [6, 6.07) is 15.7. The van der Waals surface area contributed by atoms with E-state index in [9.17, 15) is 0 Å². The van der Waals surface area contributed by atoms with E-state index in [-0.39, 0.29) is 0 Å². The van der Waals surface area contributed by atoms with Gasteiger partial charge in [0.15, 0.2) is 0 Å². The molecule has 2 aromatic rings. The van der Waals surface area contributed by atoms with Crippen LogP contribution < -0.4 is 0 Å². The van der Waals surface area contributed by atoms with Crippen LogP contribution in [0.1, 0.15) is 56.2 Å². The molecule has 3 rings (SSSR count). The van der Waals surface area contributed by atoms with Crippen molar-refractivity contribution in [3.8, 4) is 11.1 Å². The van der Waals surface area contributed by atoms with Crippen molar-refractivity contribution in [1.82, 2.24) is 0 Å². The fraction of sp³-hybridized carbons (Fsp3) is 0.429. The predicted octanol–water partition coefficient (Wildman–Crippen LogP) is 6.02. The Kier molecular flexibility index (Phi) is 4.43. The summed E-state index contributed by atoms with van der Waals surface area (Å²) in [5.74, 6) is 0.848. The number of unbranched alkanes of at least 4 members (excludes halogenated alkanes) is 2. The molecule has 0 atom stereocenters. The van der Waals surface area contributed by atoms with Crippen LogP contribution in [0.15, 0.2) is 42.5 Å². The Morgan fingerprint density at radius 3 is 2.52 bits per heavy atom. The molecule has 0 saturated heterocycles. The highest BCUT2D eigenvalue weighted by molar-refractivity contribution is 5.77. The van der Waals surface area contributed by atoms with Gasteiger partial charge in [0.2, 0.25) is 0 Å². The minimum absolute atomic E-state index is 0.848. The first-order chi connectivity index (χ1) is 10.3. The average molecular weight is 278 g/mol. The van der Waals surface area contributed by atoms with E-state index in [0.29, 0.717) is 0 Å². The smallest absolute Gasteiger partial charge is 0.00107 e. The molecule has 0 fully saturated rings. The van der Waals surface area contributed by atoms with Gasteiger partial charge in [-0.3, -0.25) is 0 Å². The van der Waals surface area contributed by atoms with Crippen LogP contribution in [0.5, 0.6) is 0 Å². The molecule has 1 aliphatic rings. The topological polar surface area (TPSA) is 0 Å². The number of benzene rings is 2. The van der Waals surface area contributed by atoms with Crippen LogP contribution in [0.2, 0.25) is 0 Å². The molecular formula is C21H26. The maximum absolute atomic E-state index is 2.34. The molecule has 0 aliphatic heterocycles. The van der Waals surface area contributed by atoms with Gasteiger partial charge >= 0.3 is 0 Å². The molecule has 0 spiro atoms. The molecule has 110 valence electrons. The van der Waals surface area contributed by atoms with Gasteiger partial charge in [0.1, 0.15) is 0 Å². The van der Waals surface area contributed by atoms with Crippen molar-refractivity contribution in [1.29, 1.82) is 0 Å². The van der Waals surface area contributed by atoms with Gasteiger partial charge in [-0.1, -0.05) is 75.6 Å². The van der Waals surface area contributed by atoms with Gasteiger partial charge < -0.3 is 0 Å². The molecule has 0 N–H and O–H groups in total. The van der Waals surface area contributed by atoms with Crippen LogP contribution in [-0.4, -0.2) is 0 Å². The standard InChI is InChI=1S/C21H26/c1-16(2)9-4-3-5-10-17-12-8-14-20-19-13-7-6-11-18(19)15-21(17)20/h6-8,11-14,16H,3-5,9-10,15H2,1-2H3. The van der Waals surface area contributed by atoms with Gasteiger partial charge in [-0.15, -0.1) is 0 Å². The monoisotopic (exact) mass is 278 g/mol. The van der Waals surface area contributed by atoms with Crippen LogP contribution in [0.25, 0.3) is 11.1 Å². The van der Waals surface area contributed by atoms with Crippen molar-refractivity contribution in [2.75, 3.05) is 0 Å². The molecule has 21 heavy (non-hydrogen) atoms. The minimum Gasteiger partial charge on any atom is -0.0628 e. The summed E-state index contributed by atoms with van der Waals surface area (Å²) in [5, 5.41) is 0. The minimum atomic E-state index is 0.848. The molecule has 2 aromatic carbocycles. The summed E-state index contributed by atoms with van der Waals surface area (Å²) in [6.07, 6.45) is 7.84. The van der Waals surface area contributed by atoms with E-state index in [1.807, 2.05) is 0 Å². The van der Waals surface area contributed by atoms with E-state index in [2.05, 4.69) is 56.3 Å². The van der Waals surface area contributed by atoms with Crippen LogP contribution in [-0.2, 0) is 12.8 Å². The highest BCUT2D eigenvalue weighted by Crippen LogP contribution is 2.38. The highest BCUT2D eigenvalue weighted by Gasteiger charge is 2.19. The lowest BCUT2D eigenvalue weighted by Gasteiger charge is -2.09. The molecule has 0 unspecified atom stereocenters. The third kappa shape index (κ3) is 3.20. The quantitative estimate of drug-likeness (QED) is 0.484. The Hall–Kier alpha value is -1.56. The van der Waals surface area contributed by atoms with Crippen molar-refractivity contribution in [2.24, 2.45) is 5.92 Å². The Morgan fingerprint density at radius 2 is 1.67 bits per heavy atom. The zero-order valence-electron chi connectivity index (χ0n) is 13.4. The van der Waals surface area contributed by atoms with Crippen molar-refractivity contribution >= 4 is 0 Å². The summed E-state index contributed by atoms with van der Waals surface area (Å²) >= 11 is 0. The van der Waals surface area contributed by atoms with Crippen molar-refractivity contribution in [3.63, 3.8) is 0 Å². The molecule has 1 aliphatic carbocycles. The Morgan fingerprint density at radius 1 is 0.857 bits per heavy atom. The Labute approximate surface area is 129 Å². The van der Waals surface area contributed by atoms with Gasteiger partial charge in [0.25, 0.3) is 0 Å². The zero-order valence-corrected chi connectivity index (χ0v) is 13.4. The van der Waals surface area contributed by atoms with Gasteiger partial charge in [0.05, 0.1) is 0 Å². The summed E-state index contributed by atoms with van der Waals surface area (Å²) in [5.41, 5.74) is 7.59. The molecule has 0 amide bonds. The van der Waals surface area contributed by atoms with E-state index < -0.39 is 0 Å². The summed E-state index contributed by atoms with van der Waals surface area (Å²) in [4.78, 5) is 0. The van der Waals surface area contributed by atoms with Crippen molar-refractivity contribution in [2.45, 2.75) is 52.4 Å². The SMILES string of the molecule is CC(C)CCCCCc1cccc2c1Cc1ccccc1-2. The Bertz CT molecular complexity index is 607. The molecule has 0 bridgehead atoms. The van der Waals surface area contributed by atoms with Crippen LogP contribution >= 0.6 is 0 Å². The Balaban J connectivity index is 1.66. The van der Waals surface area contributed by atoms with Gasteiger partial charge in [-0.2, -0.15) is 0 Å². The van der Waals surface area contributed by atoms with E-state index in [0.717, 1.165) is 12.3 Å². The van der Waals surface area contributed by atoms with E-state index in [4.69, 9.17) is 0 Å². The lowest BCUT2D eigenvalue weighted by atomic mass is 9.96. The fourth-order valence-electron chi connectivity index (χ4n) is 3.50. The number of hydrogen-bond donors (Lipinski definition) is 0. The van der Waals surface area contributed by atoms with Crippen LogP contribution in [0.3, 0.4) is 0 Å². The number of fused-ring (bicyclic) bond motifs is 3. The zero-order chi connectivity index (χ0) is 14.7. The molecule has 0 radical (unpaired) electrons. The third-order valence-corrected chi connectivity index (χ3v) is 4.68. The molecule has 0 nitrogen and oxygen atoms in total. The molecular weight excluding hydrogens is 252 g/mol. The fourth-order valence-corrected chi connectivity index (χ4v) is 3.50. The summed E-state index contributed by atoms with van der Waals surface area (Å²) in [6.45, 7) is 4.64. The third-order valence-electron chi connectivity index (χ3n) is 4.68. The predicted molar refractivity (Wildman–Crippen MR) is 91.7 cm³/mol. The number of rotatable bonds is 6. The van der Waals surface area contributed by atoms with Crippen molar-refractivity contribution < 1.29 is 0 Å². The summed E-state index contributed by atoms with van der Waals surface area (Å²) in [7, 11) is 0. The van der Waals surface area contributed by atoms with Gasteiger partial charge in [0, 0.05) is 0 Å². The second-order valence-corrected chi connectivity index (χ2v) is 6.77. The first-order valence-corrected chi connectivity index (χ1v) is 8.44. The van der Waals surface area contributed by atoms with E-state index in [1.54, 1.807) is 11.1 Å². The second kappa shape index (κ2) is 6.47. The van der Waals surface area contributed by atoms with Crippen molar-refractivity contribution in [3.05, 3.63) is 59.2 Å². The van der Waals surface area contributed by atoms with Gasteiger partial charge in [-0.05, 0) is 53.0 Å². The first-order valence-electron chi connectivity index (χ1n) is 8.44. The van der Waals surface area contributed by atoms with E-state index >= 15 is 0 Å². The summed E-state index contributed by atoms with van der Waals surface area (Å²) < 4.78 is 0. The lowest BCUT2D eigenvalue weighted by Crippen LogP contribution is -1.94. The van der Waals surface area contributed by atoms with Gasteiger partial charge in [-0.25, -0.2) is 0 Å². The lowest BCUT2D eigenvalue weighted by molar-refractivity contribution is 0.527. The number of hydrogen-bond acceptors (Lipinski definition) is 0. The normalized spacial score (nSPS) is 12.5. The molecule has 0 saturated carbocycles. The first kappa shape index (κ1) is 14.4.